The summed E-state index contributed by atoms with van der Waals surface area (Å²) in [6, 6.07) is 24.9. The number of benzene rings is 4. The molecule has 1 aromatic heterocycles. The number of aliphatic hydroxyl groups is 1. The summed E-state index contributed by atoms with van der Waals surface area (Å²) in [6.45, 7) is 0.734. The maximum Gasteiger partial charge on any atom is 0.160 e. The van der Waals surface area contributed by atoms with Gasteiger partial charge in [0.1, 0.15) is 5.78 Å². The molecule has 0 saturated heterocycles. The first-order chi connectivity index (χ1) is 22.8. The highest BCUT2D eigenvalue weighted by Gasteiger charge is 2.28. The Hall–Kier alpha value is -4.79. The lowest BCUT2D eigenvalue weighted by Gasteiger charge is -2.25. The molecule has 5 rings (SSSR count). The Morgan fingerprint density at radius 3 is 2.02 bits per heavy atom. The molecule has 246 valence electrons. The van der Waals surface area contributed by atoms with Gasteiger partial charge in [-0.2, -0.15) is 0 Å². The first-order valence-corrected chi connectivity index (χ1v) is 16.0. The first-order valence-electron chi connectivity index (χ1n) is 16.0. The molecular formula is C39H44N2O6. The van der Waals surface area contributed by atoms with E-state index in [1.165, 1.54) is 19.8 Å². The predicted octanol–water partition coefficient (Wildman–Crippen LogP) is 6.14. The number of aromatic amines is 1. The van der Waals surface area contributed by atoms with Gasteiger partial charge in [-0.25, -0.2) is 0 Å². The van der Waals surface area contributed by atoms with Gasteiger partial charge < -0.3 is 35.1 Å². The molecule has 0 aliphatic carbocycles. The number of phenols is 2. The third-order valence-electron chi connectivity index (χ3n) is 8.92. The molecule has 4 aromatic carbocycles. The van der Waals surface area contributed by atoms with Crippen molar-refractivity contribution in [2.24, 2.45) is 11.8 Å². The van der Waals surface area contributed by atoms with Gasteiger partial charge in [0.2, 0.25) is 0 Å². The maximum atomic E-state index is 14.2. The Bertz CT molecular complexity index is 1780. The van der Waals surface area contributed by atoms with Crippen molar-refractivity contribution in [3.8, 4) is 23.0 Å². The average molecular weight is 637 g/mol. The highest BCUT2D eigenvalue weighted by atomic mass is 16.5. The van der Waals surface area contributed by atoms with E-state index in [2.05, 4.69) is 46.7 Å². The minimum Gasteiger partial charge on any atom is -0.504 e. The third-order valence-corrected chi connectivity index (χ3v) is 8.92. The van der Waals surface area contributed by atoms with Crippen molar-refractivity contribution in [1.29, 1.82) is 0 Å². The molecule has 0 bridgehead atoms. The van der Waals surface area contributed by atoms with E-state index in [9.17, 15) is 20.1 Å². The molecule has 3 atom stereocenters. The number of nitrogens with one attached hydrogen (secondary N) is 2. The molecule has 0 saturated carbocycles. The van der Waals surface area contributed by atoms with E-state index in [4.69, 9.17) is 9.47 Å². The molecule has 0 aliphatic heterocycles. The highest BCUT2D eigenvalue weighted by Crippen LogP contribution is 2.32. The van der Waals surface area contributed by atoms with Gasteiger partial charge in [0.25, 0.3) is 0 Å². The number of aromatic hydroxyl groups is 2. The fourth-order valence-electron chi connectivity index (χ4n) is 6.40. The largest absolute Gasteiger partial charge is 0.504 e. The smallest absolute Gasteiger partial charge is 0.160 e. The number of ether oxygens (including phenoxy) is 2. The van der Waals surface area contributed by atoms with Gasteiger partial charge in [-0.15, -0.1) is 0 Å². The van der Waals surface area contributed by atoms with Crippen LogP contribution in [0.2, 0.25) is 0 Å². The number of phenolic OH excluding ortho intramolecular Hbond substituents is 2. The average Bonchev–Trinajstić information content (AvgIpc) is 3.59. The highest BCUT2D eigenvalue weighted by molar-refractivity contribution is 5.87. The van der Waals surface area contributed by atoms with Gasteiger partial charge in [0, 0.05) is 31.3 Å². The number of ketones is 1. The summed E-state index contributed by atoms with van der Waals surface area (Å²) in [6.07, 6.45) is 4.82. The number of methoxy groups -OCH3 is 2. The molecule has 1 heterocycles. The number of aliphatic hydroxyl groups excluding tert-OH is 1. The van der Waals surface area contributed by atoms with Crippen LogP contribution in [-0.4, -0.2) is 53.5 Å². The number of rotatable bonds is 16. The van der Waals surface area contributed by atoms with Gasteiger partial charge in [-0.3, -0.25) is 4.79 Å². The molecule has 0 aliphatic rings. The summed E-state index contributed by atoms with van der Waals surface area (Å²) >= 11 is 0. The molecule has 0 fully saturated rings. The van der Waals surface area contributed by atoms with E-state index in [-0.39, 0.29) is 29.6 Å². The van der Waals surface area contributed by atoms with E-state index in [0.29, 0.717) is 37.2 Å². The molecule has 8 nitrogen and oxygen atoms in total. The summed E-state index contributed by atoms with van der Waals surface area (Å²) in [5.41, 5.74) is 5.03. The predicted molar refractivity (Wildman–Crippen MR) is 184 cm³/mol. The second-order valence-electron chi connectivity index (χ2n) is 12.2. The second-order valence-corrected chi connectivity index (χ2v) is 12.2. The SMILES string of the molecule is CNCc1cccc2ccc(CC(Cc3ccc(O)c(OC)c3)C(=O)CC(O)C(Cc3cc[nH]c3)Cc3ccc(O)c(OC)c3)cc12. The molecule has 5 N–H and O–H groups in total. The lowest BCUT2D eigenvalue weighted by atomic mass is 9.82. The van der Waals surface area contributed by atoms with Crippen LogP contribution in [0.25, 0.3) is 10.8 Å². The van der Waals surface area contributed by atoms with Crippen molar-refractivity contribution in [3.05, 3.63) is 119 Å². The number of carbonyl (C=O) groups is 1. The Morgan fingerprint density at radius 1 is 0.787 bits per heavy atom. The number of H-pyrrole nitrogens is 1. The number of Topliss-reactive ketones (excluding diaryl/α,β-unsaturated/α-hetero) is 1. The van der Waals surface area contributed by atoms with Crippen LogP contribution in [0.4, 0.5) is 0 Å². The number of carbonyl (C=O) groups excluding carboxylic acids is 1. The number of hydrogen-bond acceptors (Lipinski definition) is 7. The summed E-state index contributed by atoms with van der Waals surface area (Å²) in [7, 11) is 4.94. The molecule has 8 heteroatoms. The van der Waals surface area contributed by atoms with Crippen LogP contribution in [0.1, 0.15) is 34.2 Å². The number of hydrogen-bond donors (Lipinski definition) is 5. The summed E-state index contributed by atoms with van der Waals surface area (Å²) in [5, 5.41) is 37.5. The first kappa shape index (κ1) is 33.6. The van der Waals surface area contributed by atoms with E-state index in [1.54, 1.807) is 24.3 Å². The Labute approximate surface area is 276 Å². The quantitative estimate of drug-likeness (QED) is 0.0882. The van der Waals surface area contributed by atoms with Crippen molar-refractivity contribution in [2.75, 3.05) is 21.3 Å². The third kappa shape index (κ3) is 8.52. The van der Waals surface area contributed by atoms with Crippen molar-refractivity contribution in [3.63, 3.8) is 0 Å². The fraction of sp³-hybridized carbons (Fsp3) is 0.308. The van der Waals surface area contributed by atoms with Crippen molar-refractivity contribution >= 4 is 16.6 Å². The Morgan fingerprint density at radius 2 is 1.40 bits per heavy atom. The van der Waals surface area contributed by atoms with Crippen LogP contribution < -0.4 is 14.8 Å². The second kappa shape index (κ2) is 15.7. The van der Waals surface area contributed by atoms with Gasteiger partial charge in [0.05, 0.1) is 20.3 Å². The van der Waals surface area contributed by atoms with Gasteiger partial charge >= 0.3 is 0 Å². The van der Waals surface area contributed by atoms with Crippen LogP contribution in [0.15, 0.2) is 91.3 Å². The molecular weight excluding hydrogens is 592 g/mol. The summed E-state index contributed by atoms with van der Waals surface area (Å²) in [5.74, 6) is 0.0977. The lowest BCUT2D eigenvalue weighted by Crippen LogP contribution is -2.31. The fourth-order valence-corrected chi connectivity index (χ4v) is 6.40. The standard InChI is InChI=1S/C39H44N2O6/c1-40-24-30-6-4-5-29-10-7-25(19-33(29)30)15-31(16-26-8-11-34(42)38(20-26)46-2)36(44)22-37(45)32(18-28-13-14-41-23-28)17-27-9-12-35(43)39(21-27)47-3/h4-14,19-21,23,31-32,37,40-43,45H,15-18,22,24H2,1-3H3. The monoisotopic (exact) mass is 636 g/mol. The van der Waals surface area contributed by atoms with Crippen LogP contribution in [0, 0.1) is 11.8 Å². The van der Waals surface area contributed by atoms with Crippen molar-refractivity contribution in [1.82, 2.24) is 10.3 Å². The minimum atomic E-state index is -0.909. The zero-order chi connectivity index (χ0) is 33.3. The van der Waals surface area contributed by atoms with Crippen LogP contribution in [0.3, 0.4) is 0 Å². The van der Waals surface area contributed by atoms with Gasteiger partial charge in [-0.1, -0.05) is 48.5 Å². The topological polar surface area (TPSA) is 124 Å². The normalized spacial score (nSPS) is 13.3. The van der Waals surface area contributed by atoms with Crippen molar-refractivity contribution < 1.29 is 29.6 Å². The molecule has 0 spiro atoms. The van der Waals surface area contributed by atoms with E-state index < -0.39 is 12.0 Å². The summed E-state index contributed by atoms with van der Waals surface area (Å²) < 4.78 is 10.7. The zero-order valence-electron chi connectivity index (χ0n) is 27.2. The molecule has 5 aromatic rings. The van der Waals surface area contributed by atoms with Crippen LogP contribution >= 0.6 is 0 Å². The lowest BCUT2D eigenvalue weighted by molar-refractivity contribution is -0.125. The molecule has 0 amide bonds. The maximum absolute atomic E-state index is 14.2. The number of aromatic nitrogens is 1. The molecule has 3 unspecified atom stereocenters. The van der Waals surface area contributed by atoms with Gasteiger partial charge in [-0.05, 0) is 108 Å². The Kier molecular flexibility index (Phi) is 11.2. The molecule has 0 radical (unpaired) electrons. The van der Waals surface area contributed by atoms with Crippen LogP contribution in [-0.2, 0) is 37.0 Å². The Balaban J connectivity index is 1.42. The minimum absolute atomic E-state index is 0.0111. The zero-order valence-corrected chi connectivity index (χ0v) is 27.2. The van der Waals surface area contributed by atoms with Crippen molar-refractivity contribution in [2.45, 2.75) is 44.8 Å². The van der Waals surface area contributed by atoms with E-state index in [0.717, 1.165) is 39.6 Å². The van der Waals surface area contributed by atoms with Gasteiger partial charge in [0.15, 0.2) is 23.0 Å². The number of fused-ring (bicyclic) bond motifs is 1. The molecule has 47 heavy (non-hydrogen) atoms. The van der Waals surface area contributed by atoms with E-state index >= 15 is 0 Å². The summed E-state index contributed by atoms with van der Waals surface area (Å²) in [4.78, 5) is 17.3. The van der Waals surface area contributed by atoms with E-state index in [1.807, 2.05) is 37.6 Å². The van der Waals surface area contributed by atoms with Crippen LogP contribution in [0.5, 0.6) is 23.0 Å².